The fourth-order valence-corrected chi connectivity index (χ4v) is 9.19. The van der Waals surface area contributed by atoms with Crippen LogP contribution in [0.15, 0.2) is 65.7 Å². The van der Waals surface area contributed by atoms with Gasteiger partial charge in [0.15, 0.2) is 9.84 Å². The highest BCUT2D eigenvalue weighted by Gasteiger charge is 2.26. The molecule has 0 aliphatic carbocycles. The number of halogens is 2. The molecule has 0 amide bonds. The molecule has 1 aliphatic heterocycles. The molecule has 0 saturated carbocycles. The van der Waals surface area contributed by atoms with Crippen LogP contribution >= 0.6 is 11.3 Å². The van der Waals surface area contributed by atoms with Gasteiger partial charge in [0.1, 0.15) is 37.8 Å². The van der Waals surface area contributed by atoms with Gasteiger partial charge in [0.2, 0.25) is 5.95 Å². The molecule has 1 aliphatic rings. The van der Waals surface area contributed by atoms with Crippen LogP contribution in [0.1, 0.15) is 36.0 Å². The van der Waals surface area contributed by atoms with Gasteiger partial charge in [0.25, 0.3) is 0 Å². The molecule has 2 aromatic carbocycles. The Labute approximate surface area is 318 Å². The van der Waals surface area contributed by atoms with E-state index in [1.54, 1.807) is 31.5 Å². The number of benzene rings is 2. The van der Waals surface area contributed by atoms with Gasteiger partial charge in [0.05, 0.1) is 51.3 Å². The first-order chi connectivity index (χ1) is 25.6. The summed E-state index contributed by atoms with van der Waals surface area (Å²) in [7, 11) is -5.83. The minimum Gasteiger partial charge on any atom is -0.494 e. The molecule has 1 N–H and O–H groups in total. The maximum Gasteiger partial charge on any atom is 0.227 e. The van der Waals surface area contributed by atoms with Gasteiger partial charge in [-0.05, 0) is 48.9 Å². The lowest BCUT2D eigenvalue weighted by Crippen LogP contribution is -2.47. The molecule has 4 heterocycles. The van der Waals surface area contributed by atoms with Gasteiger partial charge in [-0.3, -0.25) is 9.88 Å². The first kappa shape index (κ1) is 39.1. The summed E-state index contributed by atoms with van der Waals surface area (Å²) in [6.07, 6.45) is 2.88. The third kappa shape index (κ3) is 9.02. The topological polar surface area (TPSA) is 148 Å². The number of sulfone groups is 2. The van der Waals surface area contributed by atoms with Crippen molar-refractivity contribution in [2.75, 3.05) is 62.1 Å². The Kier molecular flexibility index (Phi) is 11.6. The lowest BCUT2D eigenvalue weighted by molar-refractivity contribution is 0.272. The number of thiazole rings is 1. The summed E-state index contributed by atoms with van der Waals surface area (Å²) in [6, 6.07) is 13.5. The number of piperazine rings is 1. The van der Waals surface area contributed by atoms with Crippen molar-refractivity contribution in [3.8, 4) is 27.7 Å². The molecule has 1 fully saturated rings. The zero-order chi connectivity index (χ0) is 38.8. The molecule has 12 nitrogen and oxygen atoms in total. The molecule has 17 heteroatoms. The van der Waals surface area contributed by atoms with Crippen LogP contribution in [0.25, 0.3) is 22.0 Å². The smallest absolute Gasteiger partial charge is 0.227 e. The Morgan fingerprint density at radius 2 is 1.63 bits per heavy atom. The highest BCUT2D eigenvalue weighted by molar-refractivity contribution is 7.91. The van der Waals surface area contributed by atoms with Crippen LogP contribution in [-0.2, 0) is 25.4 Å². The highest BCUT2D eigenvalue weighted by Crippen LogP contribution is 2.39. The maximum atomic E-state index is 14.4. The van der Waals surface area contributed by atoms with E-state index in [4.69, 9.17) is 14.7 Å². The Hall–Kier alpha value is -4.58. The largest absolute Gasteiger partial charge is 0.494 e. The molecule has 6 rings (SSSR count). The van der Waals surface area contributed by atoms with Crippen LogP contribution in [0.5, 0.6) is 5.75 Å². The van der Waals surface area contributed by atoms with Gasteiger partial charge in [0, 0.05) is 62.8 Å². The first-order valence-electron chi connectivity index (χ1n) is 17.2. The molecule has 0 radical (unpaired) electrons. The van der Waals surface area contributed by atoms with Crippen LogP contribution in [0.4, 0.5) is 26.1 Å². The van der Waals surface area contributed by atoms with E-state index >= 15 is 0 Å². The zero-order valence-electron chi connectivity index (χ0n) is 30.5. The predicted octanol–water partition coefficient (Wildman–Crippen LogP) is 6.26. The molecule has 3 aromatic heterocycles. The van der Waals surface area contributed by atoms with E-state index in [1.165, 1.54) is 23.7 Å². The predicted molar refractivity (Wildman–Crippen MR) is 207 cm³/mol. The molecule has 5 aromatic rings. The summed E-state index contributed by atoms with van der Waals surface area (Å²) < 4.78 is 84.1. The number of hydrogen-bond acceptors (Lipinski definition) is 13. The molecule has 54 heavy (non-hydrogen) atoms. The SMILES string of the molecule is COc1cc(N2CCN(CCS(C)(=O)=O)CC2)c(C)cc1Nc1nccc(-c2sc(C(C)C)nc2-c2cccc(CS(=O)(=O)c3c(F)cccc3F)n2)n1. The van der Waals surface area contributed by atoms with Crippen LogP contribution in [-0.4, -0.2) is 93.5 Å². The van der Waals surface area contributed by atoms with Crippen LogP contribution in [0.3, 0.4) is 0 Å². The minimum absolute atomic E-state index is 0.0655. The third-order valence-electron chi connectivity index (χ3n) is 8.90. The van der Waals surface area contributed by atoms with Crippen LogP contribution < -0.4 is 15.0 Å². The molecule has 0 bridgehead atoms. The fourth-order valence-electron chi connectivity index (χ4n) is 6.13. The zero-order valence-corrected chi connectivity index (χ0v) is 33.0. The quantitative estimate of drug-likeness (QED) is 0.143. The van der Waals surface area contributed by atoms with E-state index in [0.717, 1.165) is 60.6 Å². The number of nitrogens with zero attached hydrogens (tertiary/aromatic N) is 6. The number of ether oxygens (including phenoxy) is 1. The summed E-state index contributed by atoms with van der Waals surface area (Å²) in [6.45, 7) is 9.56. The molecular weight excluding hydrogens is 757 g/mol. The molecule has 286 valence electrons. The van der Waals surface area contributed by atoms with Gasteiger partial charge < -0.3 is 15.0 Å². The second kappa shape index (κ2) is 16.0. The van der Waals surface area contributed by atoms with E-state index < -0.39 is 42.0 Å². The Balaban J connectivity index is 1.25. The third-order valence-corrected chi connectivity index (χ3v) is 12.9. The summed E-state index contributed by atoms with van der Waals surface area (Å²) in [5.74, 6) is -1.92. The summed E-state index contributed by atoms with van der Waals surface area (Å²) >= 11 is 1.43. The number of methoxy groups -OCH3 is 1. The number of pyridine rings is 1. The number of anilines is 3. The lowest BCUT2D eigenvalue weighted by atomic mass is 10.1. The lowest BCUT2D eigenvalue weighted by Gasteiger charge is -2.37. The molecule has 0 spiro atoms. The first-order valence-corrected chi connectivity index (χ1v) is 21.7. The van der Waals surface area contributed by atoms with E-state index in [1.807, 2.05) is 32.9 Å². The maximum absolute atomic E-state index is 14.4. The van der Waals surface area contributed by atoms with E-state index in [-0.39, 0.29) is 17.4 Å². The normalized spacial score (nSPS) is 14.1. The number of rotatable bonds is 13. The number of aromatic nitrogens is 4. The average Bonchev–Trinajstić information content (AvgIpc) is 3.57. The monoisotopic (exact) mass is 797 g/mol. The Morgan fingerprint density at radius 1 is 0.926 bits per heavy atom. The van der Waals surface area contributed by atoms with Gasteiger partial charge in [-0.15, -0.1) is 11.3 Å². The molecular formula is C37H41F2N7O5S3. The summed E-state index contributed by atoms with van der Waals surface area (Å²) in [4.78, 5) is 22.9. The Bertz CT molecular complexity index is 2360. The molecule has 0 unspecified atom stereocenters. The van der Waals surface area contributed by atoms with Crippen molar-refractivity contribution in [3.05, 3.63) is 88.7 Å². The Morgan fingerprint density at radius 3 is 2.30 bits per heavy atom. The van der Waals surface area contributed by atoms with Crippen LogP contribution in [0.2, 0.25) is 0 Å². The molecule has 0 atom stereocenters. The van der Waals surface area contributed by atoms with Gasteiger partial charge in [-0.25, -0.2) is 40.6 Å². The van der Waals surface area contributed by atoms with Gasteiger partial charge in [-0.1, -0.05) is 26.0 Å². The van der Waals surface area contributed by atoms with Crippen molar-refractivity contribution in [2.45, 2.75) is 37.3 Å². The van der Waals surface area contributed by atoms with Crippen molar-refractivity contribution in [1.82, 2.24) is 24.8 Å². The van der Waals surface area contributed by atoms with Gasteiger partial charge in [-0.2, -0.15) is 0 Å². The summed E-state index contributed by atoms with van der Waals surface area (Å²) in [5.41, 5.74) is 4.22. The average molecular weight is 798 g/mol. The standard InChI is InChI=1S/C37H41F2N7O5S3/c1-23(2)36-44-33(28-11-6-8-25(41-28)22-54(49,50)35-26(38)9-7-10-27(35)39)34(52-36)29-12-13-40-37(42-29)43-30-20-24(3)31(21-32(30)51-4)46-16-14-45(15-17-46)18-19-53(5,47)48/h6-13,20-21,23H,14-19,22H2,1-5H3,(H,40,42,43). The number of hydrogen-bond donors (Lipinski definition) is 1. The summed E-state index contributed by atoms with van der Waals surface area (Å²) in [5, 5.41) is 4.11. The van der Waals surface area contributed by atoms with Crippen molar-refractivity contribution in [1.29, 1.82) is 0 Å². The van der Waals surface area contributed by atoms with Crippen molar-refractivity contribution in [2.24, 2.45) is 0 Å². The number of nitrogens with one attached hydrogen (secondary N) is 1. The minimum atomic E-state index is -4.40. The van der Waals surface area contributed by atoms with Crippen molar-refractivity contribution < 1.29 is 30.4 Å². The second-order valence-corrected chi connectivity index (χ2v) is 18.6. The highest BCUT2D eigenvalue weighted by atomic mass is 32.2. The number of aryl methyl sites for hydroxylation is 1. The van der Waals surface area contributed by atoms with E-state index in [2.05, 4.69) is 25.1 Å². The molecule has 1 saturated heterocycles. The van der Waals surface area contributed by atoms with Crippen molar-refractivity contribution >= 4 is 48.3 Å². The van der Waals surface area contributed by atoms with E-state index in [9.17, 15) is 25.6 Å². The fraction of sp³-hybridized carbons (Fsp3) is 0.351. The van der Waals surface area contributed by atoms with Crippen molar-refractivity contribution in [3.63, 3.8) is 0 Å². The van der Waals surface area contributed by atoms with Gasteiger partial charge >= 0.3 is 0 Å². The van der Waals surface area contributed by atoms with E-state index in [0.29, 0.717) is 45.9 Å². The van der Waals surface area contributed by atoms with Crippen LogP contribution in [0, 0.1) is 18.6 Å². The second-order valence-electron chi connectivity index (χ2n) is 13.4.